The van der Waals surface area contributed by atoms with Crippen LogP contribution < -0.4 is 5.32 Å². The van der Waals surface area contributed by atoms with Gasteiger partial charge in [0, 0.05) is 21.8 Å². The average molecular weight is 376 g/mol. The van der Waals surface area contributed by atoms with Crippen LogP contribution >= 0.6 is 11.6 Å². The first-order valence-electron chi connectivity index (χ1n) is 8.64. The first-order valence-corrected chi connectivity index (χ1v) is 9.02. The maximum absolute atomic E-state index is 12.6. The van der Waals surface area contributed by atoms with Crippen LogP contribution in [0.5, 0.6) is 0 Å². The molecule has 0 unspecified atom stereocenters. The van der Waals surface area contributed by atoms with E-state index < -0.39 is 0 Å². The molecule has 0 saturated carbocycles. The Morgan fingerprint density at radius 2 is 1.78 bits per heavy atom. The van der Waals surface area contributed by atoms with Gasteiger partial charge in [-0.15, -0.1) is 0 Å². The minimum atomic E-state index is -0.133. The molecular weight excluding hydrogens is 358 g/mol. The van der Waals surface area contributed by atoms with Crippen molar-refractivity contribution in [3.63, 3.8) is 0 Å². The summed E-state index contributed by atoms with van der Waals surface area (Å²) in [6.45, 7) is 3.98. The van der Waals surface area contributed by atoms with Gasteiger partial charge in [0.15, 0.2) is 0 Å². The molecule has 1 amide bonds. The van der Waals surface area contributed by atoms with Crippen molar-refractivity contribution in [2.24, 2.45) is 0 Å². The molecule has 4 nitrogen and oxygen atoms in total. The van der Waals surface area contributed by atoms with Gasteiger partial charge in [-0.2, -0.15) is 0 Å². The van der Waals surface area contributed by atoms with Crippen molar-refractivity contribution >= 4 is 34.2 Å². The van der Waals surface area contributed by atoms with Crippen molar-refractivity contribution in [3.8, 4) is 11.4 Å². The number of fused-ring (bicyclic) bond motifs is 1. The van der Waals surface area contributed by atoms with Gasteiger partial charge >= 0.3 is 0 Å². The molecule has 0 aliphatic heterocycles. The van der Waals surface area contributed by atoms with E-state index in [0.29, 0.717) is 10.6 Å². The van der Waals surface area contributed by atoms with E-state index in [1.165, 1.54) is 0 Å². The maximum Gasteiger partial charge on any atom is 0.255 e. The summed E-state index contributed by atoms with van der Waals surface area (Å²) < 4.78 is 0. The average Bonchev–Trinajstić information content (AvgIpc) is 3.08. The van der Waals surface area contributed by atoms with Crippen LogP contribution in [-0.4, -0.2) is 15.9 Å². The Morgan fingerprint density at radius 1 is 1.00 bits per heavy atom. The number of halogens is 1. The Hall–Kier alpha value is -3.11. The number of carbonyl (C=O) groups is 1. The number of hydrogen-bond acceptors (Lipinski definition) is 2. The van der Waals surface area contributed by atoms with Crippen LogP contribution in [0.15, 0.2) is 60.7 Å². The summed E-state index contributed by atoms with van der Waals surface area (Å²) >= 11 is 6.02. The lowest BCUT2D eigenvalue weighted by Gasteiger charge is -2.09. The Bertz CT molecular complexity index is 1150. The fraction of sp³-hybridized carbons (Fsp3) is 0.0909. The zero-order chi connectivity index (χ0) is 19.0. The summed E-state index contributed by atoms with van der Waals surface area (Å²) in [5.74, 6) is 0.611. The second-order valence-corrected chi connectivity index (χ2v) is 7.03. The predicted molar refractivity (Wildman–Crippen MR) is 110 cm³/mol. The maximum atomic E-state index is 12.6. The molecule has 0 atom stereocenters. The molecule has 0 fully saturated rings. The SMILES string of the molecule is Cc1ccc(C)c(NC(=O)c2ccc(-c3nc4ccc(Cl)cc4[nH]3)cc2)c1. The number of aromatic nitrogens is 2. The summed E-state index contributed by atoms with van der Waals surface area (Å²) in [5, 5.41) is 3.64. The second kappa shape index (κ2) is 6.89. The number of rotatable bonds is 3. The van der Waals surface area contributed by atoms with Crippen molar-refractivity contribution in [3.05, 3.63) is 82.4 Å². The summed E-state index contributed by atoms with van der Waals surface area (Å²) in [7, 11) is 0. The van der Waals surface area contributed by atoms with Gasteiger partial charge in [0.05, 0.1) is 11.0 Å². The van der Waals surface area contributed by atoms with Gasteiger partial charge in [0.1, 0.15) is 5.82 Å². The van der Waals surface area contributed by atoms with Gasteiger partial charge < -0.3 is 10.3 Å². The van der Waals surface area contributed by atoms with Gasteiger partial charge in [-0.1, -0.05) is 35.9 Å². The molecule has 4 aromatic rings. The fourth-order valence-electron chi connectivity index (χ4n) is 2.96. The van der Waals surface area contributed by atoms with Crippen molar-refractivity contribution < 1.29 is 4.79 Å². The van der Waals surface area contributed by atoms with Crippen LogP contribution in [0.1, 0.15) is 21.5 Å². The van der Waals surface area contributed by atoms with Gasteiger partial charge in [-0.3, -0.25) is 4.79 Å². The Labute approximate surface area is 162 Å². The number of amides is 1. The zero-order valence-corrected chi connectivity index (χ0v) is 15.8. The van der Waals surface area contributed by atoms with E-state index in [2.05, 4.69) is 15.3 Å². The molecule has 0 spiro atoms. The first kappa shape index (κ1) is 17.3. The number of aryl methyl sites for hydroxylation is 2. The van der Waals surface area contributed by atoms with Crippen LogP contribution in [0.25, 0.3) is 22.4 Å². The largest absolute Gasteiger partial charge is 0.338 e. The van der Waals surface area contributed by atoms with E-state index in [0.717, 1.165) is 39.2 Å². The van der Waals surface area contributed by atoms with E-state index in [1.807, 2.05) is 62.4 Å². The van der Waals surface area contributed by atoms with Crippen molar-refractivity contribution in [2.75, 3.05) is 5.32 Å². The lowest BCUT2D eigenvalue weighted by Crippen LogP contribution is -2.12. The molecular formula is C22H18ClN3O. The number of carbonyl (C=O) groups excluding carboxylic acids is 1. The van der Waals surface area contributed by atoms with Crippen LogP contribution in [0.3, 0.4) is 0 Å². The number of nitrogens with one attached hydrogen (secondary N) is 2. The molecule has 2 N–H and O–H groups in total. The number of hydrogen-bond donors (Lipinski definition) is 2. The molecule has 0 radical (unpaired) electrons. The normalized spacial score (nSPS) is 10.9. The number of anilines is 1. The summed E-state index contributed by atoms with van der Waals surface area (Å²) in [6.07, 6.45) is 0. The van der Waals surface area contributed by atoms with Gasteiger partial charge in [0.2, 0.25) is 0 Å². The van der Waals surface area contributed by atoms with E-state index in [1.54, 1.807) is 12.1 Å². The van der Waals surface area contributed by atoms with Gasteiger partial charge in [-0.05, 0) is 61.4 Å². The minimum Gasteiger partial charge on any atom is -0.338 e. The summed E-state index contributed by atoms with van der Waals surface area (Å²) in [5.41, 5.74) is 6.21. The predicted octanol–water partition coefficient (Wildman–Crippen LogP) is 5.75. The van der Waals surface area contributed by atoms with E-state index >= 15 is 0 Å². The molecule has 0 aliphatic carbocycles. The topological polar surface area (TPSA) is 57.8 Å². The highest BCUT2D eigenvalue weighted by molar-refractivity contribution is 6.31. The number of benzene rings is 3. The van der Waals surface area contributed by atoms with E-state index in [4.69, 9.17) is 11.6 Å². The Balaban J connectivity index is 1.57. The van der Waals surface area contributed by atoms with Crippen LogP contribution in [0.2, 0.25) is 5.02 Å². The van der Waals surface area contributed by atoms with Crippen molar-refractivity contribution in [1.82, 2.24) is 9.97 Å². The molecule has 3 aromatic carbocycles. The Morgan fingerprint density at radius 3 is 2.56 bits per heavy atom. The number of nitrogens with zero attached hydrogens (tertiary/aromatic N) is 1. The monoisotopic (exact) mass is 375 g/mol. The zero-order valence-electron chi connectivity index (χ0n) is 15.0. The van der Waals surface area contributed by atoms with E-state index in [9.17, 15) is 4.79 Å². The molecule has 1 heterocycles. The number of H-pyrrole nitrogens is 1. The Kier molecular flexibility index (Phi) is 4.42. The fourth-order valence-corrected chi connectivity index (χ4v) is 3.14. The van der Waals surface area contributed by atoms with Crippen molar-refractivity contribution in [2.45, 2.75) is 13.8 Å². The standard InChI is InChI=1S/C22H18ClN3O/c1-13-3-4-14(2)19(11-13)26-22(27)16-7-5-15(6-8-16)21-24-18-10-9-17(23)12-20(18)25-21/h3-12H,1-2H3,(H,24,25)(H,26,27). The quantitative estimate of drug-likeness (QED) is 0.478. The lowest BCUT2D eigenvalue weighted by molar-refractivity contribution is 0.102. The molecule has 0 saturated heterocycles. The minimum absolute atomic E-state index is 0.133. The highest BCUT2D eigenvalue weighted by Crippen LogP contribution is 2.24. The second-order valence-electron chi connectivity index (χ2n) is 6.60. The third kappa shape index (κ3) is 3.57. The lowest BCUT2D eigenvalue weighted by atomic mass is 10.1. The molecule has 5 heteroatoms. The highest BCUT2D eigenvalue weighted by atomic mass is 35.5. The molecule has 27 heavy (non-hydrogen) atoms. The molecule has 134 valence electrons. The molecule has 0 bridgehead atoms. The summed E-state index contributed by atoms with van der Waals surface area (Å²) in [6, 6.07) is 18.9. The molecule has 1 aromatic heterocycles. The third-order valence-corrected chi connectivity index (χ3v) is 4.74. The smallest absolute Gasteiger partial charge is 0.255 e. The molecule has 4 rings (SSSR count). The highest BCUT2D eigenvalue weighted by Gasteiger charge is 2.10. The number of aromatic amines is 1. The van der Waals surface area contributed by atoms with Crippen LogP contribution in [0.4, 0.5) is 5.69 Å². The summed E-state index contributed by atoms with van der Waals surface area (Å²) in [4.78, 5) is 20.4. The van der Waals surface area contributed by atoms with E-state index in [-0.39, 0.29) is 5.91 Å². The van der Waals surface area contributed by atoms with Crippen molar-refractivity contribution in [1.29, 1.82) is 0 Å². The molecule has 0 aliphatic rings. The third-order valence-electron chi connectivity index (χ3n) is 4.51. The van der Waals surface area contributed by atoms with Gasteiger partial charge in [0.25, 0.3) is 5.91 Å². The van der Waals surface area contributed by atoms with Crippen LogP contribution in [-0.2, 0) is 0 Å². The number of imidazole rings is 1. The first-order chi connectivity index (χ1) is 13.0. The van der Waals surface area contributed by atoms with Crippen LogP contribution in [0, 0.1) is 13.8 Å². The van der Waals surface area contributed by atoms with Gasteiger partial charge in [-0.25, -0.2) is 4.98 Å².